The first-order valence-electron chi connectivity index (χ1n) is 19.1. The van der Waals surface area contributed by atoms with Crippen molar-refractivity contribution in [3.05, 3.63) is 84.1 Å². The molecule has 6 aliphatic heterocycles. The van der Waals surface area contributed by atoms with E-state index in [1.807, 2.05) is 9.80 Å². The van der Waals surface area contributed by atoms with Crippen LogP contribution in [-0.2, 0) is 0 Å². The van der Waals surface area contributed by atoms with Gasteiger partial charge < -0.3 is 0 Å². The van der Waals surface area contributed by atoms with Crippen molar-refractivity contribution in [2.45, 2.75) is 12.5 Å². The number of nitrogens with one attached hydrogen (secondary N) is 6. The Kier molecular flexibility index (Phi) is 13.6. The average Bonchev–Trinajstić information content (AvgIpc) is 3.20. The Hall–Kier alpha value is -5.15. The van der Waals surface area contributed by atoms with E-state index in [1.54, 1.807) is 0 Å². The number of aromatic nitrogens is 3. The molecule has 0 saturated carbocycles. The van der Waals surface area contributed by atoms with Gasteiger partial charge in [0.1, 0.15) is 0 Å². The van der Waals surface area contributed by atoms with Gasteiger partial charge in [0.05, 0.1) is 0 Å². The molecule has 0 aliphatic carbocycles. The zero-order chi connectivity index (χ0) is 42.5. The van der Waals surface area contributed by atoms with E-state index in [9.17, 15) is 28.8 Å². The van der Waals surface area contributed by atoms with Crippen molar-refractivity contribution in [2.24, 2.45) is 5.73 Å². The Balaban J connectivity index is 1.55. The molecule has 60 heavy (non-hydrogen) atoms. The molecule has 9 heterocycles. The summed E-state index contributed by atoms with van der Waals surface area (Å²) >= 11 is 12.6. The Morgan fingerprint density at radius 2 is 0.883 bits per heavy atom. The zero-order valence-electron chi connectivity index (χ0n) is 32.0. The number of fused-ring (bicyclic) bond motifs is 18. The molecule has 3 aromatic heterocycles. The van der Waals surface area contributed by atoms with Crippen molar-refractivity contribution in [2.75, 3.05) is 78.5 Å². The van der Waals surface area contributed by atoms with Crippen molar-refractivity contribution >= 4 is 89.4 Å². The molecule has 0 radical (unpaired) electrons. The predicted molar refractivity (Wildman–Crippen MR) is 221 cm³/mol. The molecule has 8 N–H and O–H groups in total. The monoisotopic (exact) mass is 938 g/mol. The van der Waals surface area contributed by atoms with Gasteiger partial charge in [-0.1, -0.05) is 0 Å². The molecular formula is C35H41GaN12O9S3. The number of nitrogens with two attached hydrogens (primary N) is 1. The van der Waals surface area contributed by atoms with E-state index >= 15 is 0 Å². The van der Waals surface area contributed by atoms with Crippen LogP contribution in [0.3, 0.4) is 0 Å². The Labute approximate surface area is 364 Å². The number of hydrogen-bond donors (Lipinski definition) is 7. The van der Waals surface area contributed by atoms with Crippen molar-refractivity contribution in [3.63, 3.8) is 0 Å². The van der Waals surface area contributed by atoms with Gasteiger partial charge in [-0.05, 0) is 0 Å². The van der Waals surface area contributed by atoms with Crippen LogP contribution in [0.25, 0.3) is 0 Å². The second-order valence-electron chi connectivity index (χ2n) is 14.0. The molecule has 6 amide bonds. The number of carbonyl (C=O) groups is 6. The molecule has 6 aliphatic rings. The fraction of sp³-hybridized carbons (Fsp3) is 0.400. The first-order chi connectivity index (χ1) is 28.9. The summed E-state index contributed by atoms with van der Waals surface area (Å²) in [4.78, 5) is 87.5. The standard InChI is InChI=1S/C35H41N12O9S3.Ga/c36-8-7-20-19-44-17-12-37-27(48)21-1-4-24(45(54)33(21)57)30(51)39-9-14-43(16-11-41-32(53)26-6-3-23(29(50)42-20)35(59)47(26)56)15-10-40-31(52)25-5-2-22(34(58)46(25)55)28(49)38-13-18-44;/h1-6,20H,7-19,36H2,(H,37,48)(H,38,49)(H,39,51)(H,40,52)(H,41,53)(H,42,50);/q-3;+3/t20-;/m0./s1. The molecule has 0 aromatic carbocycles. The van der Waals surface area contributed by atoms with E-state index in [-0.39, 0.29) is 126 Å². The van der Waals surface area contributed by atoms with E-state index in [4.69, 9.17) is 53.3 Å². The molecule has 1 atom stereocenters. The second kappa shape index (κ2) is 19.1. The van der Waals surface area contributed by atoms with Gasteiger partial charge in [0.2, 0.25) is 0 Å². The minimum atomic E-state index is -4.95. The molecule has 9 bridgehead atoms. The third-order valence-corrected chi connectivity index (χ3v) is 13.6. The van der Waals surface area contributed by atoms with Crippen LogP contribution in [0.1, 0.15) is 69.0 Å². The maximum atomic E-state index is 14.1. The van der Waals surface area contributed by atoms with Crippen molar-refractivity contribution < 1.29 is 39.7 Å². The molecule has 21 nitrogen and oxygen atoms in total. The van der Waals surface area contributed by atoms with Crippen LogP contribution in [0.5, 0.6) is 0 Å². The van der Waals surface area contributed by atoms with Gasteiger partial charge in [0.25, 0.3) is 0 Å². The quantitative estimate of drug-likeness (QED) is 0.106. The van der Waals surface area contributed by atoms with Gasteiger partial charge in [-0.25, -0.2) is 0 Å². The summed E-state index contributed by atoms with van der Waals surface area (Å²) in [7, 11) is 0. The van der Waals surface area contributed by atoms with Gasteiger partial charge in [0.15, 0.2) is 0 Å². The third kappa shape index (κ3) is 9.41. The number of carbonyl (C=O) groups excluding carboxylic acids is 6. The molecular weight excluding hydrogens is 898 g/mol. The van der Waals surface area contributed by atoms with E-state index in [2.05, 4.69) is 31.9 Å². The Morgan fingerprint density at radius 1 is 0.533 bits per heavy atom. The molecule has 0 fully saturated rings. The van der Waals surface area contributed by atoms with Crippen LogP contribution in [0, 0.1) is 13.9 Å². The SMILES string of the molecule is NCC[C@H]1CN2CCNC(=O)c3ccc4n(c3=S)[O][Ga]3[O]n5c(ccc(c5=S)C(=O)NCC2)C(=O)NCCN(CCNC4=O)CCNC(=O)c2ccc(c(=S)n2[O]3)C(=O)N1. The average molecular weight is 940 g/mol. The van der Waals surface area contributed by atoms with Gasteiger partial charge in [-0.3, -0.25) is 0 Å². The minimum absolute atomic E-state index is 0.0376. The summed E-state index contributed by atoms with van der Waals surface area (Å²) in [5, 5.41) is 17.3. The first-order valence-corrected chi connectivity index (χ1v) is 23.3. The fourth-order valence-electron chi connectivity index (χ4n) is 6.93. The predicted octanol–water partition coefficient (Wildman–Crippen LogP) is -2.29. The summed E-state index contributed by atoms with van der Waals surface area (Å²) in [6.45, 7) is 2.40. The Bertz CT molecular complexity index is 2320. The number of hydrogen-bond acceptors (Lipinski definition) is 15. The molecule has 25 heteroatoms. The summed E-state index contributed by atoms with van der Waals surface area (Å²) in [6.07, 6.45) is 0.347. The summed E-state index contributed by atoms with van der Waals surface area (Å²) < 4.78 is 21.3. The molecule has 0 spiro atoms. The van der Waals surface area contributed by atoms with Gasteiger partial charge >= 0.3 is 366 Å². The van der Waals surface area contributed by atoms with Gasteiger partial charge in [-0.2, -0.15) is 0 Å². The van der Waals surface area contributed by atoms with Crippen LogP contribution in [-0.4, -0.2) is 161 Å². The Morgan fingerprint density at radius 3 is 1.27 bits per heavy atom. The number of nitrogens with zero attached hydrogens (tertiary/aromatic N) is 5. The molecule has 9 rings (SSSR count). The van der Waals surface area contributed by atoms with Gasteiger partial charge in [-0.15, -0.1) is 0 Å². The van der Waals surface area contributed by atoms with E-state index < -0.39 is 58.8 Å². The molecule has 316 valence electrons. The van der Waals surface area contributed by atoms with Crippen LogP contribution >= 0.6 is 36.7 Å². The number of pyridine rings is 3. The van der Waals surface area contributed by atoms with Crippen molar-refractivity contribution in [3.8, 4) is 0 Å². The van der Waals surface area contributed by atoms with Gasteiger partial charge in [0, 0.05) is 0 Å². The van der Waals surface area contributed by atoms with E-state index in [0.29, 0.717) is 6.42 Å². The van der Waals surface area contributed by atoms with Crippen LogP contribution in [0.15, 0.2) is 36.4 Å². The fourth-order valence-corrected chi connectivity index (χ4v) is 11.0. The third-order valence-electron chi connectivity index (χ3n) is 10.0. The second-order valence-corrected chi connectivity index (χ2v) is 17.7. The topological polar surface area (TPSA) is 250 Å². The van der Waals surface area contributed by atoms with Crippen LogP contribution in [0.2, 0.25) is 0 Å². The first kappa shape index (κ1) is 43.0. The zero-order valence-corrected chi connectivity index (χ0v) is 36.9. The van der Waals surface area contributed by atoms with Crippen LogP contribution < -0.4 is 48.5 Å². The summed E-state index contributed by atoms with van der Waals surface area (Å²) in [6, 6.07) is 7.74. The molecule has 0 unspecified atom stereocenters. The van der Waals surface area contributed by atoms with Crippen molar-refractivity contribution in [1.82, 2.24) is 55.9 Å². The number of amides is 6. The van der Waals surface area contributed by atoms with Crippen LogP contribution in [0.4, 0.5) is 0 Å². The maximum absolute atomic E-state index is 14.1. The van der Waals surface area contributed by atoms with E-state index in [1.165, 1.54) is 36.4 Å². The normalized spacial score (nSPS) is 20.6. The van der Waals surface area contributed by atoms with Crippen molar-refractivity contribution in [1.29, 1.82) is 0 Å². The molecule has 0 saturated heterocycles. The number of rotatable bonds is 2. The summed E-state index contributed by atoms with van der Waals surface area (Å²) in [5.41, 5.74) is 5.40. The van der Waals surface area contributed by atoms with E-state index in [0.717, 1.165) is 14.2 Å². The molecule has 3 aromatic rings. The summed E-state index contributed by atoms with van der Waals surface area (Å²) in [5.74, 6) is -3.70.